The van der Waals surface area contributed by atoms with Gasteiger partial charge in [0.25, 0.3) is 0 Å². The van der Waals surface area contributed by atoms with Crippen LogP contribution in [0.25, 0.3) is 10.8 Å². The summed E-state index contributed by atoms with van der Waals surface area (Å²) in [6, 6.07) is 10.9. The van der Waals surface area contributed by atoms with E-state index in [9.17, 15) is 9.90 Å². The van der Waals surface area contributed by atoms with Crippen LogP contribution < -0.4 is 5.11 Å². The Balaban J connectivity index is 0.000000451. The van der Waals surface area contributed by atoms with E-state index in [1.807, 2.05) is 25.1 Å². The lowest BCUT2D eigenvalue weighted by Gasteiger charge is -2.30. The number of unbranched alkanes of at least 4 members (excludes halogenated alkanes) is 16. The zero-order chi connectivity index (χ0) is 28.8. The molecule has 0 heterocycles. The molecule has 0 saturated heterocycles. The largest absolute Gasteiger partial charge is 0.545 e. The zero-order valence-electron chi connectivity index (χ0n) is 26.4. The molecule has 2 rings (SSSR count). The van der Waals surface area contributed by atoms with Crippen LogP contribution in [0.1, 0.15) is 145 Å². The minimum Gasteiger partial charge on any atom is -0.545 e. The van der Waals surface area contributed by atoms with Gasteiger partial charge in [-0.2, -0.15) is 0 Å². The lowest BCUT2D eigenvalue weighted by molar-refractivity contribution is -0.890. The Labute approximate surface area is 242 Å². The topological polar surface area (TPSA) is 40.1 Å². The first-order chi connectivity index (χ1) is 18.8. The highest BCUT2D eigenvalue weighted by atomic mass is 16.4. The van der Waals surface area contributed by atoms with Crippen molar-refractivity contribution in [2.45, 2.75) is 136 Å². The zero-order valence-corrected chi connectivity index (χ0v) is 26.4. The molecule has 0 aromatic heterocycles. The summed E-state index contributed by atoms with van der Waals surface area (Å²) >= 11 is 0. The van der Waals surface area contributed by atoms with Gasteiger partial charge in [-0.3, -0.25) is 0 Å². The maximum atomic E-state index is 10.6. The number of nitrogens with zero attached hydrogens (tertiary/aromatic N) is 1. The van der Waals surface area contributed by atoms with Gasteiger partial charge in [-0.25, -0.2) is 0 Å². The van der Waals surface area contributed by atoms with E-state index in [-0.39, 0.29) is 5.56 Å². The number of quaternary nitrogens is 1. The van der Waals surface area contributed by atoms with Crippen LogP contribution in [-0.4, -0.2) is 37.6 Å². The molecule has 0 aliphatic heterocycles. The van der Waals surface area contributed by atoms with Crippen LogP contribution in [0.3, 0.4) is 0 Å². The van der Waals surface area contributed by atoms with Gasteiger partial charge in [0.15, 0.2) is 0 Å². The Bertz CT molecular complexity index is 889. The number of carbonyl (C=O) groups is 1. The Morgan fingerprint density at radius 1 is 0.590 bits per heavy atom. The minimum atomic E-state index is -1.13. The first kappa shape index (κ1) is 35.2. The van der Waals surface area contributed by atoms with E-state index in [1.54, 1.807) is 18.2 Å². The molecule has 0 aliphatic carbocycles. The average Bonchev–Trinajstić information content (AvgIpc) is 2.91. The summed E-state index contributed by atoms with van der Waals surface area (Å²) in [4.78, 5) is 10.6. The van der Waals surface area contributed by atoms with Gasteiger partial charge in [-0.05, 0) is 55.0 Å². The van der Waals surface area contributed by atoms with Crippen molar-refractivity contribution in [3.63, 3.8) is 0 Å². The predicted octanol–water partition coefficient (Wildman–Crippen LogP) is 9.64. The first-order valence-electron chi connectivity index (χ1n) is 16.3. The maximum Gasteiger partial charge on any atom is 0.0782 e. The van der Waals surface area contributed by atoms with E-state index >= 15 is 0 Å². The van der Waals surface area contributed by atoms with Gasteiger partial charge in [-0.15, -0.1) is 0 Å². The van der Waals surface area contributed by atoms with Crippen molar-refractivity contribution in [1.82, 2.24) is 0 Å². The molecule has 0 bridgehead atoms. The smallest absolute Gasteiger partial charge is 0.0782 e. The lowest BCUT2D eigenvalue weighted by Crippen LogP contribution is -2.41. The number of aryl methyl sites for hydroxylation is 1. The van der Waals surface area contributed by atoms with Crippen LogP contribution >= 0.6 is 0 Å². The minimum absolute atomic E-state index is 0.223. The summed E-state index contributed by atoms with van der Waals surface area (Å²) in [5, 5.41) is 12.6. The van der Waals surface area contributed by atoms with Gasteiger partial charge in [-0.1, -0.05) is 140 Å². The third kappa shape index (κ3) is 18.2. The van der Waals surface area contributed by atoms with Crippen LogP contribution in [0.5, 0.6) is 0 Å². The second kappa shape index (κ2) is 21.9. The van der Waals surface area contributed by atoms with Crippen molar-refractivity contribution in [3.05, 3.63) is 47.5 Å². The molecule has 0 N–H and O–H groups in total. The fourth-order valence-corrected chi connectivity index (χ4v) is 5.30. The molecular formula is C36H61NO2. The van der Waals surface area contributed by atoms with Crippen molar-refractivity contribution in [1.29, 1.82) is 0 Å². The molecule has 3 nitrogen and oxygen atoms in total. The Morgan fingerprint density at radius 3 is 1.44 bits per heavy atom. The van der Waals surface area contributed by atoms with Crippen LogP contribution in [-0.2, 0) is 0 Å². The summed E-state index contributed by atoms with van der Waals surface area (Å²) in [5.41, 5.74) is 1.39. The number of aromatic carboxylic acids is 1. The number of hydrogen-bond donors (Lipinski definition) is 0. The molecule has 0 amide bonds. The van der Waals surface area contributed by atoms with Crippen molar-refractivity contribution in [3.8, 4) is 0 Å². The number of rotatable bonds is 21. The summed E-state index contributed by atoms with van der Waals surface area (Å²) in [6.07, 6.45) is 26.1. The molecule has 0 atom stereocenters. The Kier molecular flexibility index (Phi) is 19.7. The number of carbonyl (C=O) groups excluding carboxylic acids is 1. The second-order valence-electron chi connectivity index (χ2n) is 12.4. The SMILES string of the molecule is CCCCCCCCCCCCCCCC[N+](C)(C)CCCCCC.Cc1ccc2cc(C(=O)[O-])ccc2c1. The highest BCUT2D eigenvalue weighted by molar-refractivity contribution is 5.93. The summed E-state index contributed by atoms with van der Waals surface area (Å²) < 4.78 is 1.24. The maximum absolute atomic E-state index is 10.6. The second-order valence-corrected chi connectivity index (χ2v) is 12.4. The molecule has 2 aromatic carbocycles. The normalized spacial score (nSPS) is 11.4. The van der Waals surface area contributed by atoms with Crippen molar-refractivity contribution in [2.24, 2.45) is 0 Å². The van der Waals surface area contributed by atoms with Gasteiger partial charge in [0.2, 0.25) is 0 Å². The molecule has 0 unspecified atom stereocenters. The standard InChI is InChI=1S/C24H52N.C12H10O2/c1-5-7-9-11-12-13-14-15-16-17-18-19-20-22-24-25(3,4)23-21-10-8-6-2;1-8-2-3-10-7-11(12(13)14)5-4-9(10)6-8/h5-24H2,1-4H3;2-7H,1H3,(H,13,14)/q+1;/p-1. The average molecular weight is 540 g/mol. The molecule has 0 radical (unpaired) electrons. The number of fused-ring (bicyclic) bond motifs is 1. The molecule has 3 heteroatoms. The van der Waals surface area contributed by atoms with Crippen LogP contribution in [0.4, 0.5) is 0 Å². The van der Waals surface area contributed by atoms with Crippen molar-refractivity contribution < 1.29 is 14.4 Å². The molecular weight excluding hydrogens is 478 g/mol. The van der Waals surface area contributed by atoms with Gasteiger partial charge in [0, 0.05) is 0 Å². The number of carboxylic acids is 1. The van der Waals surface area contributed by atoms with Gasteiger partial charge in [0.1, 0.15) is 0 Å². The van der Waals surface area contributed by atoms with Crippen LogP contribution in [0.2, 0.25) is 0 Å². The molecule has 0 aliphatic rings. The highest BCUT2D eigenvalue weighted by Crippen LogP contribution is 2.17. The van der Waals surface area contributed by atoms with Crippen molar-refractivity contribution in [2.75, 3.05) is 27.2 Å². The van der Waals surface area contributed by atoms with Gasteiger partial charge in [0.05, 0.1) is 33.2 Å². The Morgan fingerprint density at radius 2 is 0.974 bits per heavy atom. The fraction of sp³-hybridized carbons (Fsp3) is 0.694. The number of benzene rings is 2. The van der Waals surface area contributed by atoms with Gasteiger partial charge >= 0.3 is 0 Å². The van der Waals surface area contributed by atoms with Crippen LogP contribution in [0.15, 0.2) is 36.4 Å². The highest BCUT2D eigenvalue weighted by Gasteiger charge is 2.13. The van der Waals surface area contributed by atoms with Gasteiger partial charge < -0.3 is 14.4 Å². The molecule has 0 fully saturated rings. The first-order valence-corrected chi connectivity index (χ1v) is 16.3. The molecule has 0 spiro atoms. The summed E-state index contributed by atoms with van der Waals surface area (Å²) in [5.74, 6) is -1.13. The van der Waals surface area contributed by atoms with E-state index in [0.717, 1.165) is 10.8 Å². The number of hydrogen-bond acceptors (Lipinski definition) is 2. The van der Waals surface area contributed by atoms with E-state index in [0.29, 0.717) is 0 Å². The van der Waals surface area contributed by atoms with E-state index in [1.165, 1.54) is 139 Å². The lowest BCUT2D eigenvalue weighted by atomic mass is 10.0. The third-order valence-electron chi connectivity index (χ3n) is 7.97. The van der Waals surface area contributed by atoms with E-state index in [2.05, 4.69) is 27.9 Å². The summed E-state index contributed by atoms with van der Waals surface area (Å²) in [7, 11) is 4.85. The van der Waals surface area contributed by atoms with Crippen LogP contribution in [0, 0.1) is 6.92 Å². The molecule has 222 valence electrons. The monoisotopic (exact) mass is 539 g/mol. The van der Waals surface area contributed by atoms with E-state index in [4.69, 9.17) is 0 Å². The quantitative estimate of drug-likeness (QED) is 0.117. The molecule has 0 saturated carbocycles. The number of carboxylic acid groups (broad SMARTS) is 1. The third-order valence-corrected chi connectivity index (χ3v) is 7.97. The van der Waals surface area contributed by atoms with Crippen molar-refractivity contribution >= 4 is 16.7 Å². The Hall–Kier alpha value is -1.87. The predicted molar refractivity (Wildman–Crippen MR) is 169 cm³/mol. The summed E-state index contributed by atoms with van der Waals surface area (Å²) in [6.45, 7) is 9.36. The molecule has 39 heavy (non-hydrogen) atoms. The molecule has 2 aromatic rings. The van der Waals surface area contributed by atoms with E-state index < -0.39 is 5.97 Å². The fourth-order valence-electron chi connectivity index (χ4n) is 5.30.